The Hall–Kier alpha value is -3.19. The summed E-state index contributed by atoms with van der Waals surface area (Å²) in [5.74, 6) is -0.359. The molecule has 3 aromatic rings. The smallest absolute Gasteiger partial charge is 0.274 e. The van der Waals surface area contributed by atoms with Crippen LogP contribution in [0.2, 0.25) is 0 Å². The summed E-state index contributed by atoms with van der Waals surface area (Å²) in [5.41, 5.74) is 1.34. The van der Waals surface area contributed by atoms with Crippen molar-refractivity contribution in [2.45, 2.75) is 4.90 Å². The van der Waals surface area contributed by atoms with Gasteiger partial charge in [0.2, 0.25) is 0 Å². The van der Waals surface area contributed by atoms with Crippen LogP contribution < -0.4 is 9.62 Å². The van der Waals surface area contributed by atoms with Crippen LogP contribution in [-0.4, -0.2) is 26.4 Å². The predicted molar refractivity (Wildman–Crippen MR) is 101 cm³/mol. The quantitative estimate of drug-likeness (QED) is 0.751. The van der Waals surface area contributed by atoms with Crippen molar-refractivity contribution in [3.63, 3.8) is 0 Å². The van der Waals surface area contributed by atoms with Crippen molar-refractivity contribution in [3.05, 3.63) is 84.7 Å². The molecular formula is C19H17N3O3S. The molecule has 3 rings (SSSR count). The van der Waals surface area contributed by atoms with E-state index in [9.17, 15) is 13.2 Å². The molecule has 0 unspecified atom stereocenters. The summed E-state index contributed by atoms with van der Waals surface area (Å²) < 4.78 is 26.6. The lowest BCUT2D eigenvalue weighted by Gasteiger charge is -2.19. The number of carbonyl (C=O) groups is 1. The minimum atomic E-state index is -3.68. The van der Waals surface area contributed by atoms with Gasteiger partial charge in [-0.3, -0.25) is 14.1 Å². The van der Waals surface area contributed by atoms with Crippen molar-refractivity contribution in [1.29, 1.82) is 0 Å². The monoisotopic (exact) mass is 367 g/mol. The topological polar surface area (TPSA) is 79.4 Å². The first-order valence-electron chi connectivity index (χ1n) is 7.85. The molecule has 1 amide bonds. The standard InChI is InChI=1S/C19H17N3O3S/c1-22(16-7-3-2-4-8-16)26(24,25)17-12-10-15(11-13-17)21-19(23)18-9-5-6-14-20-18/h2-14H,1H3,(H,21,23). The van der Waals surface area contributed by atoms with Crippen LogP contribution in [0.3, 0.4) is 0 Å². The van der Waals surface area contributed by atoms with Crippen LogP contribution in [0.15, 0.2) is 83.9 Å². The molecule has 0 fully saturated rings. The third-order valence-electron chi connectivity index (χ3n) is 3.79. The van der Waals surface area contributed by atoms with Crippen LogP contribution in [0, 0.1) is 0 Å². The lowest BCUT2D eigenvalue weighted by molar-refractivity contribution is 0.102. The molecule has 0 aliphatic carbocycles. The molecule has 0 radical (unpaired) electrons. The summed E-state index contributed by atoms with van der Waals surface area (Å²) in [6, 6.07) is 19.9. The molecule has 6 nitrogen and oxygen atoms in total. The van der Waals surface area contributed by atoms with Crippen LogP contribution in [0.4, 0.5) is 11.4 Å². The Labute approximate surface area is 152 Å². The number of hydrogen-bond donors (Lipinski definition) is 1. The molecule has 7 heteroatoms. The molecule has 26 heavy (non-hydrogen) atoms. The Kier molecular flexibility index (Phi) is 4.99. The van der Waals surface area contributed by atoms with Crippen LogP contribution in [0.25, 0.3) is 0 Å². The number of aromatic nitrogens is 1. The molecule has 2 aromatic carbocycles. The summed E-state index contributed by atoms with van der Waals surface area (Å²) in [5, 5.41) is 2.69. The lowest BCUT2D eigenvalue weighted by atomic mass is 10.3. The Morgan fingerprint density at radius 2 is 1.58 bits per heavy atom. The van der Waals surface area contributed by atoms with Gasteiger partial charge in [-0.2, -0.15) is 0 Å². The first-order chi connectivity index (χ1) is 12.5. The molecular weight excluding hydrogens is 350 g/mol. The fourth-order valence-electron chi connectivity index (χ4n) is 2.34. The Morgan fingerprint density at radius 1 is 0.923 bits per heavy atom. The van der Waals surface area contributed by atoms with Crippen molar-refractivity contribution >= 4 is 27.3 Å². The molecule has 1 N–H and O–H groups in total. The maximum atomic E-state index is 12.7. The number of carbonyl (C=O) groups excluding carboxylic acids is 1. The van der Waals surface area contributed by atoms with E-state index >= 15 is 0 Å². The fraction of sp³-hybridized carbons (Fsp3) is 0.0526. The molecule has 1 heterocycles. The molecule has 0 saturated carbocycles. The zero-order valence-corrected chi connectivity index (χ0v) is 14.8. The van der Waals surface area contributed by atoms with Gasteiger partial charge in [0.25, 0.3) is 15.9 Å². The second kappa shape index (κ2) is 7.37. The Bertz CT molecular complexity index is 989. The number of nitrogens with zero attached hydrogens (tertiary/aromatic N) is 2. The highest BCUT2D eigenvalue weighted by Gasteiger charge is 2.21. The minimum absolute atomic E-state index is 0.139. The number of rotatable bonds is 5. The second-order valence-corrected chi connectivity index (χ2v) is 7.47. The van der Waals surface area contributed by atoms with E-state index in [1.54, 1.807) is 54.6 Å². The average Bonchev–Trinajstić information content (AvgIpc) is 2.69. The SMILES string of the molecule is CN(c1ccccc1)S(=O)(=O)c1ccc(NC(=O)c2ccccn2)cc1. The highest BCUT2D eigenvalue weighted by atomic mass is 32.2. The van der Waals surface area contributed by atoms with Crippen molar-refractivity contribution in [1.82, 2.24) is 4.98 Å². The van der Waals surface area contributed by atoms with E-state index in [1.807, 2.05) is 6.07 Å². The molecule has 132 valence electrons. The van der Waals surface area contributed by atoms with Crippen LogP contribution in [-0.2, 0) is 10.0 Å². The second-order valence-electron chi connectivity index (χ2n) is 5.50. The number of para-hydroxylation sites is 1. The van der Waals surface area contributed by atoms with E-state index in [0.29, 0.717) is 11.4 Å². The maximum Gasteiger partial charge on any atom is 0.274 e. The van der Waals surface area contributed by atoms with Crippen molar-refractivity contribution in [2.24, 2.45) is 0 Å². The number of hydrogen-bond acceptors (Lipinski definition) is 4. The third kappa shape index (κ3) is 3.73. The third-order valence-corrected chi connectivity index (χ3v) is 5.59. The van der Waals surface area contributed by atoms with E-state index in [4.69, 9.17) is 0 Å². The summed E-state index contributed by atoms with van der Waals surface area (Å²) in [7, 11) is -2.18. The zero-order valence-electron chi connectivity index (χ0n) is 14.0. The normalized spacial score (nSPS) is 11.0. The van der Waals surface area contributed by atoms with Gasteiger partial charge in [0.15, 0.2) is 0 Å². The summed E-state index contributed by atoms with van der Waals surface area (Å²) in [4.78, 5) is 16.2. The maximum absolute atomic E-state index is 12.7. The number of pyridine rings is 1. The largest absolute Gasteiger partial charge is 0.321 e. The molecule has 0 atom stereocenters. The van der Waals surface area contributed by atoms with E-state index in [-0.39, 0.29) is 16.5 Å². The number of anilines is 2. The number of sulfonamides is 1. The van der Waals surface area contributed by atoms with Crippen molar-refractivity contribution in [3.8, 4) is 0 Å². The first kappa shape index (κ1) is 17.6. The average molecular weight is 367 g/mol. The highest BCUT2D eigenvalue weighted by molar-refractivity contribution is 7.92. The molecule has 0 aliphatic heterocycles. The molecule has 0 saturated heterocycles. The fourth-order valence-corrected chi connectivity index (χ4v) is 3.53. The number of amides is 1. The van der Waals surface area contributed by atoms with Gasteiger partial charge in [-0.15, -0.1) is 0 Å². The van der Waals surface area contributed by atoms with Crippen molar-refractivity contribution < 1.29 is 13.2 Å². The number of benzene rings is 2. The van der Waals surface area contributed by atoms with Gasteiger partial charge in [-0.05, 0) is 48.5 Å². The molecule has 0 bridgehead atoms. The van der Waals surface area contributed by atoms with E-state index in [2.05, 4.69) is 10.3 Å². The van der Waals surface area contributed by atoms with Gasteiger partial charge < -0.3 is 5.32 Å². The van der Waals surface area contributed by atoms with E-state index in [1.165, 1.54) is 29.7 Å². The molecule has 1 aromatic heterocycles. The number of nitrogens with one attached hydrogen (secondary N) is 1. The van der Waals surface area contributed by atoms with Crippen LogP contribution in [0.5, 0.6) is 0 Å². The van der Waals surface area contributed by atoms with Gasteiger partial charge >= 0.3 is 0 Å². The van der Waals surface area contributed by atoms with Gasteiger partial charge in [-0.25, -0.2) is 8.42 Å². The molecule has 0 aliphatic rings. The van der Waals surface area contributed by atoms with Crippen LogP contribution in [0.1, 0.15) is 10.5 Å². The van der Waals surface area contributed by atoms with E-state index in [0.717, 1.165) is 0 Å². The summed E-state index contributed by atoms with van der Waals surface area (Å²) >= 11 is 0. The van der Waals surface area contributed by atoms with Crippen molar-refractivity contribution in [2.75, 3.05) is 16.7 Å². The lowest BCUT2D eigenvalue weighted by Crippen LogP contribution is -2.26. The summed E-state index contributed by atoms with van der Waals surface area (Å²) in [6.07, 6.45) is 1.53. The van der Waals surface area contributed by atoms with Crippen LogP contribution >= 0.6 is 0 Å². The molecule has 0 spiro atoms. The van der Waals surface area contributed by atoms with E-state index < -0.39 is 10.0 Å². The summed E-state index contributed by atoms with van der Waals surface area (Å²) in [6.45, 7) is 0. The van der Waals surface area contributed by atoms with Gasteiger partial charge in [-0.1, -0.05) is 24.3 Å². The zero-order chi connectivity index (χ0) is 18.6. The Morgan fingerprint density at radius 3 is 2.19 bits per heavy atom. The minimum Gasteiger partial charge on any atom is -0.321 e. The van der Waals surface area contributed by atoms with Gasteiger partial charge in [0, 0.05) is 18.9 Å². The Balaban J connectivity index is 1.78. The first-order valence-corrected chi connectivity index (χ1v) is 9.29. The predicted octanol–water partition coefficient (Wildman–Crippen LogP) is 3.16. The van der Waals surface area contributed by atoms with Gasteiger partial charge in [0.1, 0.15) is 5.69 Å². The highest BCUT2D eigenvalue weighted by Crippen LogP contribution is 2.23. The van der Waals surface area contributed by atoms with Gasteiger partial charge in [0.05, 0.1) is 10.6 Å².